The van der Waals surface area contributed by atoms with Crippen molar-refractivity contribution in [3.8, 4) is 34.2 Å². The number of nitrogens with one attached hydrogen (secondary N) is 1. The molecule has 0 fully saturated rings. The fraction of sp³-hybridized carbons (Fsp3) is 0. The zero-order chi connectivity index (χ0) is 23.8. The average Bonchev–Trinajstić information content (AvgIpc) is 3.31. The second-order valence-corrected chi connectivity index (χ2v) is 8.42. The summed E-state index contributed by atoms with van der Waals surface area (Å²) in [5.41, 5.74) is 3.93. The second-order valence-electron chi connectivity index (χ2n) is 8.03. The molecule has 2 aromatic heterocycles. The SMILES string of the molecule is O=c1c2ccccc2nc(-c2ccccc2)n1-c1ccc(-c2nc(=S)[nH]n2-c2ccccc2)cc1. The van der Waals surface area contributed by atoms with Gasteiger partial charge in [-0.3, -0.25) is 14.5 Å². The molecular formula is C28H19N5OS. The largest absolute Gasteiger partial charge is 0.268 e. The van der Waals surface area contributed by atoms with Crippen molar-refractivity contribution in [2.75, 3.05) is 0 Å². The quantitative estimate of drug-likeness (QED) is 0.321. The minimum Gasteiger partial charge on any atom is -0.268 e. The molecule has 7 heteroatoms. The Balaban J connectivity index is 1.52. The van der Waals surface area contributed by atoms with Crippen molar-refractivity contribution >= 4 is 23.1 Å². The summed E-state index contributed by atoms with van der Waals surface area (Å²) >= 11 is 5.31. The van der Waals surface area contributed by atoms with Crippen LogP contribution in [0.1, 0.15) is 0 Å². The molecular weight excluding hydrogens is 454 g/mol. The van der Waals surface area contributed by atoms with E-state index in [2.05, 4.69) is 10.1 Å². The second kappa shape index (κ2) is 8.62. The van der Waals surface area contributed by atoms with Crippen molar-refractivity contribution in [1.82, 2.24) is 24.3 Å². The lowest BCUT2D eigenvalue weighted by molar-refractivity contribution is 0.881. The van der Waals surface area contributed by atoms with Crippen LogP contribution in [0.3, 0.4) is 0 Å². The van der Waals surface area contributed by atoms with E-state index in [1.807, 2.05) is 114 Å². The topological polar surface area (TPSA) is 68.5 Å². The molecule has 35 heavy (non-hydrogen) atoms. The van der Waals surface area contributed by atoms with Crippen LogP contribution in [-0.4, -0.2) is 24.3 Å². The fourth-order valence-corrected chi connectivity index (χ4v) is 4.37. The number of benzene rings is 4. The van der Waals surface area contributed by atoms with Crippen LogP contribution in [0.4, 0.5) is 0 Å². The first-order chi connectivity index (χ1) is 17.2. The van der Waals surface area contributed by atoms with E-state index in [9.17, 15) is 4.79 Å². The summed E-state index contributed by atoms with van der Waals surface area (Å²) in [5, 5.41) is 3.69. The summed E-state index contributed by atoms with van der Waals surface area (Å²) in [6, 6.07) is 34.7. The Morgan fingerprint density at radius 1 is 0.629 bits per heavy atom. The van der Waals surface area contributed by atoms with Crippen molar-refractivity contribution in [3.05, 3.63) is 124 Å². The lowest BCUT2D eigenvalue weighted by Crippen LogP contribution is -2.21. The number of aromatic nitrogens is 5. The molecule has 6 rings (SSSR count). The third kappa shape index (κ3) is 3.78. The van der Waals surface area contributed by atoms with E-state index in [4.69, 9.17) is 17.2 Å². The molecule has 0 amide bonds. The lowest BCUT2D eigenvalue weighted by Gasteiger charge is -2.14. The molecule has 0 radical (unpaired) electrons. The van der Waals surface area contributed by atoms with Crippen LogP contribution in [0.2, 0.25) is 0 Å². The van der Waals surface area contributed by atoms with Gasteiger partial charge >= 0.3 is 0 Å². The predicted molar refractivity (Wildman–Crippen MR) is 141 cm³/mol. The van der Waals surface area contributed by atoms with Crippen LogP contribution in [0.5, 0.6) is 0 Å². The van der Waals surface area contributed by atoms with Gasteiger partial charge in [0.05, 0.1) is 22.3 Å². The maximum atomic E-state index is 13.6. The van der Waals surface area contributed by atoms with E-state index in [1.165, 1.54) is 0 Å². The summed E-state index contributed by atoms with van der Waals surface area (Å²) in [6.07, 6.45) is 0. The van der Waals surface area contributed by atoms with Gasteiger partial charge in [-0.1, -0.05) is 60.7 Å². The van der Waals surface area contributed by atoms with Crippen LogP contribution >= 0.6 is 12.2 Å². The Labute approximate surface area is 205 Å². The Bertz CT molecular complexity index is 1770. The highest BCUT2D eigenvalue weighted by Gasteiger charge is 2.15. The zero-order valence-electron chi connectivity index (χ0n) is 18.5. The molecule has 168 valence electrons. The first-order valence-electron chi connectivity index (χ1n) is 11.1. The Hall–Kier alpha value is -4.62. The average molecular weight is 474 g/mol. The molecule has 0 aliphatic rings. The van der Waals surface area contributed by atoms with Crippen LogP contribution in [0.15, 0.2) is 114 Å². The van der Waals surface area contributed by atoms with Gasteiger partial charge in [-0.25, -0.2) is 9.67 Å². The molecule has 0 spiro atoms. The van der Waals surface area contributed by atoms with Crippen LogP contribution in [0, 0.1) is 4.77 Å². The van der Waals surface area contributed by atoms with Gasteiger partial charge in [0.2, 0.25) is 4.77 Å². The molecule has 2 heterocycles. The number of hydrogen-bond acceptors (Lipinski definition) is 4. The van der Waals surface area contributed by atoms with Gasteiger partial charge in [0.1, 0.15) is 5.82 Å². The standard InChI is InChI=1S/C28H19N5OS/c34-27-23-13-7-8-14-24(23)29-25(19-9-3-1-4-10-19)32(27)21-17-15-20(16-18-21)26-30-28(35)31-33(26)22-11-5-2-6-12-22/h1-18H,(H,31,35). The summed E-state index contributed by atoms with van der Waals surface area (Å²) in [7, 11) is 0. The molecule has 0 unspecified atom stereocenters. The van der Waals surface area contributed by atoms with Crippen molar-refractivity contribution in [3.63, 3.8) is 0 Å². The van der Waals surface area contributed by atoms with E-state index in [0.29, 0.717) is 27.3 Å². The summed E-state index contributed by atoms with van der Waals surface area (Å²) in [6.45, 7) is 0. The molecule has 4 aromatic carbocycles. The zero-order valence-corrected chi connectivity index (χ0v) is 19.3. The molecule has 0 aliphatic heterocycles. The highest BCUT2D eigenvalue weighted by Crippen LogP contribution is 2.25. The number of rotatable bonds is 4. The number of nitrogens with zero attached hydrogens (tertiary/aromatic N) is 4. The van der Waals surface area contributed by atoms with Gasteiger partial charge in [-0.05, 0) is 60.7 Å². The van der Waals surface area contributed by atoms with E-state index in [-0.39, 0.29) is 5.56 Å². The minimum absolute atomic E-state index is 0.117. The monoisotopic (exact) mass is 473 g/mol. The molecule has 0 atom stereocenters. The highest BCUT2D eigenvalue weighted by molar-refractivity contribution is 7.71. The van der Waals surface area contributed by atoms with E-state index in [1.54, 1.807) is 4.57 Å². The van der Waals surface area contributed by atoms with Crippen molar-refractivity contribution in [1.29, 1.82) is 0 Å². The number of H-pyrrole nitrogens is 1. The molecule has 6 aromatic rings. The fourth-order valence-electron chi connectivity index (χ4n) is 4.19. The molecule has 0 saturated heterocycles. The van der Waals surface area contributed by atoms with Gasteiger partial charge < -0.3 is 0 Å². The number of fused-ring (bicyclic) bond motifs is 1. The Kier molecular flexibility index (Phi) is 5.16. The number of para-hydroxylation sites is 2. The summed E-state index contributed by atoms with van der Waals surface area (Å²) in [4.78, 5) is 23.0. The smallest absolute Gasteiger partial charge is 0.266 e. The molecule has 0 bridgehead atoms. The predicted octanol–water partition coefficient (Wildman–Crippen LogP) is 5.96. The highest BCUT2D eigenvalue weighted by atomic mass is 32.1. The molecule has 6 nitrogen and oxygen atoms in total. The van der Waals surface area contributed by atoms with Crippen LogP contribution < -0.4 is 5.56 Å². The normalized spacial score (nSPS) is 11.1. The third-order valence-electron chi connectivity index (χ3n) is 5.83. The van der Waals surface area contributed by atoms with E-state index >= 15 is 0 Å². The first-order valence-corrected chi connectivity index (χ1v) is 11.5. The molecule has 0 aliphatic carbocycles. The third-order valence-corrected chi connectivity index (χ3v) is 6.02. The van der Waals surface area contributed by atoms with E-state index < -0.39 is 0 Å². The van der Waals surface area contributed by atoms with Gasteiger partial charge in [-0.15, -0.1) is 0 Å². The molecule has 1 N–H and O–H groups in total. The summed E-state index contributed by atoms with van der Waals surface area (Å²) < 4.78 is 3.92. The number of hydrogen-bond donors (Lipinski definition) is 1. The van der Waals surface area contributed by atoms with Gasteiger partial charge in [0.15, 0.2) is 5.82 Å². The van der Waals surface area contributed by atoms with Crippen molar-refractivity contribution in [2.45, 2.75) is 0 Å². The van der Waals surface area contributed by atoms with Gasteiger partial charge in [0.25, 0.3) is 5.56 Å². The van der Waals surface area contributed by atoms with Crippen LogP contribution in [0.25, 0.3) is 45.1 Å². The van der Waals surface area contributed by atoms with E-state index in [0.717, 1.165) is 22.5 Å². The van der Waals surface area contributed by atoms with Crippen molar-refractivity contribution in [2.24, 2.45) is 0 Å². The minimum atomic E-state index is -0.117. The maximum Gasteiger partial charge on any atom is 0.266 e. The Morgan fingerprint density at radius 2 is 1.26 bits per heavy atom. The maximum absolute atomic E-state index is 13.6. The van der Waals surface area contributed by atoms with Crippen LogP contribution in [-0.2, 0) is 0 Å². The summed E-state index contributed by atoms with van der Waals surface area (Å²) in [5.74, 6) is 1.29. The van der Waals surface area contributed by atoms with Crippen molar-refractivity contribution < 1.29 is 0 Å². The first kappa shape index (κ1) is 20.9. The lowest BCUT2D eigenvalue weighted by atomic mass is 10.1. The Morgan fingerprint density at radius 3 is 2.00 bits per heavy atom. The van der Waals surface area contributed by atoms with Gasteiger partial charge in [-0.2, -0.15) is 4.98 Å². The van der Waals surface area contributed by atoms with Gasteiger partial charge in [0, 0.05) is 11.1 Å². The molecule has 0 saturated carbocycles. The number of aromatic amines is 1.